The smallest absolute Gasteiger partial charge is 0.150 e. The quantitative estimate of drug-likeness (QED) is 0.662. The van der Waals surface area contributed by atoms with E-state index in [1.165, 1.54) is 0 Å². The number of hydrogen-bond acceptors (Lipinski definition) is 6. The third-order valence-electron chi connectivity index (χ3n) is 5.89. The molecule has 0 spiro atoms. The lowest BCUT2D eigenvalue weighted by atomic mass is 9.96. The topological polar surface area (TPSA) is 87.1 Å². The molecule has 3 aliphatic rings. The predicted octanol–water partition coefficient (Wildman–Crippen LogP) is 3.97. The molecule has 0 amide bonds. The molecule has 1 fully saturated rings. The molecule has 3 heterocycles. The molecular formula is C24H21N5OS. The largest absolute Gasteiger partial charge is 0.393 e. The molecule has 3 aromatic rings. The highest BCUT2D eigenvalue weighted by Crippen LogP contribution is 2.40. The number of aliphatic hydroxyl groups excluding tert-OH is 1. The molecule has 1 atom stereocenters. The molecule has 3 N–H and O–H groups in total. The van der Waals surface area contributed by atoms with E-state index in [0.29, 0.717) is 11.1 Å². The molecule has 1 aliphatic carbocycles. The minimum atomic E-state index is -0.385. The fourth-order valence-electron chi connectivity index (χ4n) is 4.15. The van der Waals surface area contributed by atoms with Gasteiger partial charge in [0.05, 0.1) is 17.3 Å². The number of nitrogens with zero attached hydrogens (tertiary/aromatic N) is 4. The van der Waals surface area contributed by atoms with E-state index in [1.807, 2.05) is 24.4 Å². The van der Waals surface area contributed by atoms with E-state index in [0.717, 1.165) is 52.0 Å². The average molecular weight is 428 g/mol. The van der Waals surface area contributed by atoms with Gasteiger partial charge in [0.15, 0.2) is 5.84 Å². The summed E-state index contributed by atoms with van der Waals surface area (Å²) in [5, 5.41) is 11.2. The lowest BCUT2D eigenvalue weighted by Crippen LogP contribution is -2.41. The number of pyridine rings is 1. The maximum absolute atomic E-state index is 9.80. The molecule has 1 unspecified atom stereocenters. The molecule has 7 heteroatoms. The summed E-state index contributed by atoms with van der Waals surface area (Å²) in [5.41, 5.74) is 11.9. The van der Waals surface area contributed by atoms with Crippen molar-refractivity contribution in [1.29, 1.82) is 0 Å². The van der Waals surface area contributed by atoms with Crippen molar-refractivity contribution < 1.29 is 5.11 Å². The van der Waals surface area contributed by atoms with Crippen LogP contribution in [0.4, 0.5) is 0 Å². The summed E-state index contributed by atoms with van der Waals surface area (Å²) in [4.78, 5) is 9.22. The van der Waals surface area contributed by atoms with E-state index in [4.69, 9.17) is 15.1 Å². The number of hydrogen-bond donors (Lipinski definition) is 2. The zero-order valence-electron chi connectivity index (χ0n) is 16.7. The Morgan fingerprint density at radius 1 is 1.00 bits per heavy atom. The molecule has 0 bridgehead atoms. The summed E-state index contributed by atoms with van der Waals surface area (Å²) in [7, 11) is -0.385. The summed E-state index contributed by atoms with van der Waals surface area (Å²) < 4.78 is 7.21. The highest BCUT2D eigenvalue weighted by molar-refractivity contribution is 7.86. The van der Waals surface area contributed by atoms with E-state index in [2.05, 4.69) is 51.8 Å². The van der Waals surface area contributed by atoms with Gasteiger partial charge in [-0.1, -0.05) is 48.5 Å². The van der Waals surface area contributed by atoms with Crippen LogP contribution in [0.5, 0.6) is 0 Å². The molecule has 1 saturated carbocycles. The Kier molecular flexibility index (Phi) is 4.26. The maximum atomic E-state index is 9.80. The molecule has 2 aliphatic heterocycles. The molecule has 6 nitrogen and oxygen atoms in total. The summed E-state index contributed by atoms with van der Waals surface area (Å²) in [6, 6.07) is 20.6. The number of aliphatic imine (C=N–C) groups is 1. The molecule has 6 rings (SSSR count). The minimum absolute atomic E-state index is 0.221. The van der Waals surface area contributed by atoms with Crippen LogP contribution < -0.4 is 5.73 Å². The monoisotopic (exact) mass is 427 g/mol. The summed E-state index contributed by atoms with van der Waals surface area (Å²) >= 11 is 0. The van der Waals surface area contributed by atoms with E-state index in [9.17, 15) is 5.11 Å². The Morgan fingerprint density at radius 3 is 2.61 bits per heavy atom. The Labute approximate surface area is 182 Å². The summed E-state index contributed by atoms with van der Waals surface area (Å²) in [6.45, 7) is 0. The van der Waals surface area contributed by atoms with E-state index in [1.54, 1.807) is 6.20 Å². The van der Waals surface area contributed by atoms with E-state index in [-0.39, 0.29) is 17.0 Å². The van der Waals surface area contributed by atoms with Crippen LogP contribution in [-0.2, 0) is 10.9 Å². The van der Waals surface area contributed by atoms with E-state index < -0.39 is 0 Å². The van der Waals surface area contributed by atoms with Gasteiger partial charge in [-0.05, 0) is 25.0 Å². The summed E-state index contributed by atoms with van der Waals surface area (Å²) in [6.07, 6.45) is 4.99. The predicted molar refractivity (Wildman–Crippen MR) is 126 cm³/mol. The molecular weight excluding hydrogens is 406 g/mol. The number of amidine groups is 1. The second-order valence-corrected chi connectivity index (χ2v) is 9.76. The van der Waals surface area contributed by atoms with Gasteiger partial charge in [-0.15, -0.1) is 0 Å². The summed E-state index contributed by atoms with van der Waals surface area (Å²) in [5.74, 6) is 0.474. The van der Waals surface area contributed by atoms with Crippen LogP contribution >= 0.6 is 0 Å². The van der Waals surface area contributed by atoms with Crippen molar-refractivity contribution in [2.45, 2.75) is 24.2 Å². The molecule has 0 radical (unpaired) electrons. The number of aliphatic hydroxyl groups is 1. The van der Waals surface area contributed by atoms with Gasteiger partial charge in [0.2, 0.25) is 0 Å². The Hall–Kier alpha value is -3.29. The van der Waals surface area contributed by atoms with Gasteiger partial charge in [-0.3, -0.25) is 4.31 Å². The van der Waals surface area contributed by atoms with Crippen LogP contribution in [0.2, 0.25) is 0 Å². The SMILES string of the molecule is NC1=NC=CN2C1=C(c1ccc3ccc(-c4ccccc4)nc3c1)N=S2C1CC(O)C1. The van der Waals surface area contributed by atoms with Crippen molar-refractivity contribution >= 4 is 33.3 Å². The van der Waals surface area contributed by atoms with Gasteiger partial charge in [0.25, 0.3) is 0 Å². The van der Waals surface area contributed by atoms with Crippen LogP contribution in [0.3, 0.4) is 0 Å². The number of fused-ring (bicyclic) bond motifs is 2. The second kappa shape index (κ2) is 7.14. The highest BCUT2D eigenvalue weighted by Gasteiger charge is 2.39. The first-order valence-electron chi connectivity index (χ1n) is 10.3. The van der Waals surface area contributed by atoms with Crippen molar-refractivity contribution in [3.05, 3.63) is 84.3 Å². The fourth-order valence-corrected chi connectivity index (χ4v) is 6.43. The second-order valence-electron chi connectivity index (χ2n) is 7.94. The Bertz CT molecular complexity index is 1320. The average Bonchev–Trinajstić information content (AvgIpc) is 3.17. The normalized spacial score (nSPS) is 24.6. The van der Waals surface area contributed by atoms with Gasteiger partial charge in [-0.2, -0.15) is 0 Å². The molecule has 2 aromatic carbocycles. The zero-order valence-corrected chi connectivity index (χ0v) is 17.5. The van der Waals surface area contributed by atoms with Crippen LogP contribution in [0.1, 0.15) is 18.4 Å². The molecule has 0 saturated heterocycles. The number of rotatable bonds is 3. The first-order valence-corrected chi connectivity index (χ1v) is 11.5. The first-order chi connectivity index (χ1) is 15.2. The third-order valence-corrected chi connectivity index (χ3v) is 7.95. The van der Waals surface area contributed by atoms with Gasteiger partial charge < -0.3 is 10.8 Å². The van der Waals surface area contributed by atoms with E-state index >= 15 is 0 Å². The fraction of sp³-hybridized carbons (Fsp3) is 0.167. The number of aromatic nitrogens is 1. The van der Waals surface area contributed by atoms with Crippen LogP contribution in [0, 0.1) is 0 Å². The number of nitrogens with two attached hydrogens (primary N) is 1. The lowest BCUT2D eigenvalue weighted by molar-refractivity contribution is 0.0994. The van der Waals surface area contributed by atoms with Gasteiger partial charge in [0.1, 0.15) is 11.4 Å². The van der Waals surface area contributed by atoms with Crippen molar-refractivity contribution in [2.24, 2.45) is 15.1 Å². The molecule has 31 heavy (non-hydrogen) atoms. The van der Waals surface area contributed by atoms with Crippen LogP contribution in [0.15, 0.2) is 88.1 Å². The molecule has 1 aromatic heterocycles. The zero-order chi connectivity index (χ0) is 20.9. The van der Waals surface area contributed by atoms with Crippen LogP contribution in [0.25, 0.3) is 27.9 Å². The number of benzene rings is 2. The van der Waals surface area contributed by atoms with Gasteiger partial charge in [0, 0.05) is 45.0 Å². The van der Waals surface area contributed by atoms with Gasteiger partial charge >= 0.3 is 0 Å². The molecule has 154 valence electrons. The van der Waals surface area contributed by atoms with Crippen molar-refractivity contribution in [1.82, 2.24) is 9.29 Å². The van der Waals surface area contributed by atoms with Crippen molar-refractivity contribution in [3.8, 4) is 11.3 Å². The minimum Gasteiger partial charge on any atom is -0.393 e. The lowest BCUT2D eigenvalue weighted by Gasteiger charge is -2.36. The van der Waals surface area contributed by atoms with Crippen molar-refractivity contribution in [3.63, 3.8) is 0 Å². The third kappa shape index (κ3) is 3.08. The Balaban J connectivity index is 1.46. The standard InChI is InChI=1S/C24H21N5OS/c25-24-23-22(28-31(19-13-18(30)14-19)29(23)11-10-26-24)17-7-6-16-8-9-20(27-21(16)12-17)15-4-2-1-3-5-15/h1-12,18-19,30H,13-14H2,(H2,25,26). The Morgan fingerprint density at radius 2 is 1.81 bits per heavy atom. The van der Waals surface area contributed by atoms with Gasteiger partial charge in [-0.25, -0.2) is 14.3 Å². The van der Waals surface area contributed by atoms with Crippen molar-refractivity contribution in [2.75, 3.05) is 0 Å². The highest BCUT2D eigenvalue weighted by atomic mass is 32.2. The maximum Gasteiger partial charge on any atom is 0.150 e. The first kappa shape index (κ1) is 18.5. The van der Waals surface area contributed by atoms with Crippen LogP contribution in [-0.4, -0.2) is 31.6 Å².